The average molecular weight is 297 g/mol. The lowest BCUT2D eigenvalue weighted by molar-refractivity contribution is -0.384. The van der Waals surface area contributed by atoms with Crippen LogP contribution in [0.1, 0.15) is 19.4 Å². The Kier molecular flexibility index (Phi) is 5.86. The van der Waals surface area contributed by atoms with Gasteiger partial charge in [-0.1, -0.05) is 6.58 Å². The molecule has 108 valence electrons. The summed E-state index contributed by atoms with van der Waals surface area (Å²) in [5.41, 5.74) is 2.97. The largest absolute Gasteiger partial charge is 0.369 e. The first-order valence-electron chi connectivity index (χ1n) is 6.03. The third-order valence-electron chi connectivity index (χ3n) is 2.39. The number of nitro benzene ring substituents is 1. The Labute approximate surface area is 117 Å². The van der Waals surface area contributed by atoms with Gasteiger partial charge in [-0.2, -0.15) is 0 Å². The molecule has 1 rings (SSSR count). The first-order valence-corrected chi connectivity index (χ1v) is 7.57. The van der Waals surface area contributed by atoms with Gasteiger partial charge in [-0.15, -0.1) is 5.73 Å². The van der Waals surface area contributed by atoms with Crippen molar-refractivity contribution in [2.75, 3.05) is 13.2 Å². The summed E-state index contributed by atoms with van der Waals surface area (Å²) in [7, 11) is -3.52. The molecule has 0 aliphatic rings. The van der Waals surface area contributed by atoms with Gasteiger partial charge in [-0.25, -0.2) is 0 Å². The molecule has 0 aliphatic heterocycles. The molecule has 0 saturated heterocycles. The minimum atomic E-state index is -3.52. The smallest absolute Gasteiger partial charge is 0.305 e. The van der Waals surface area contributed by atoms with E-state index >= 15 is 0 Å². The van der Waals surface area contributed by atoms with Gasteiger partial charge in [0.05, 0.1) is 18.1 Å². The van der Waals surface area contributed by atoms with Crippen molar-refractivity contribution in [3.05, 3.63) is 52.3 Å². The van der Waals surface area contributed by atoms with E-state index in [1.807, 2.05) is 0 Å². The summed E-state index contributed by atoms with van der Waals surface area (Å²) < 4.78 is 23.1. The lowest BCUT2D eigenvalue weighted by Crippen LogP contribution is -1.98. The van der Waals surface area contributed by atoms with Gasteiger partial charge in [-0.05, 0) is 31.5 Å². The van der Waals surface area contributed by atoms with Crippen molar-refractivity contribution in [1.82, 2.24) is 0 Å². The van der Waals surface area contributed by atoms with Gasteiger partial charge in [0.2, 0.25) is 0 Å². The quantitative estimate of drug-likeness (QED) is 0.329. The molecule has 0 bridgehead atoms. The fraction of sp³-hybridized carbons (Fsp3) is 0.308. The van der Waals surface area contributed by atoms with Gasteiger partial charge >= 0.3 is 7.60 Å². The predicted octanol–water partition coefficient (Wildman–Crippen LogP) is 3.99. The van der Waals surface area contributed by atoms with Crippen LogP contribution in [-0.4, -0.2) is 18.1 Å². The van der Waals surface area contributed by atoms with Gasteiger partial charge in [0.25, 0.3) is 5.69 Å². The molecule has 0 amide bonds. The number of benzene rings is 1. The maximum atomic E-state index is 12.6. The zero-order chi connectivity index (χ0) is 15.2. The summed E-state index contributed by atoms with van der Waals surface area (Å²) in [4.78, 5) is 10.1. The van der Waals surface area contributed by atoms with Gasteiger partial charge < -0.3 is 9.05 Å². The lowest BCUT2D eigenvalue weighted by atomic mass is 10.2. The van der Waals surface area contributed by atoms with E-state index in [9.17, 15) is 14.7 Å². The zero-order valence-corrected chi connectivity index (χ0v) is 12.3. The SMILES string of the molecule is C=C=C(c1ccc([N+](=O)[O-])cc1)P(=O)(OCC)OCC. The highest BCUT2D eigenvalue weighted by atomic mass is 31.2. The molecule has 7 heteroatoms. The number of nitrogens with zero attached hydrogens (tertiary/aromatic N) is 1. The van der Waals surface area contributed by atoms with Crippen LogP contribution in [0.4, 0.5) is 5.69 Å². The highest BCUT2D eigenvalue weighted by Gasteiger charge is 2.30. The van der Waals surface area contributed by atoms with Crippen LogP contribution in [0.15, 0.2) is 36.6 Å². The second-order valence-electron chi connectivity index (χ2n) is 3.66. The molecule has 0 spiro atoms. The fourth-order valence-electron chi connectivity index (χ4n) is 1.60. The average Bonchev–Trinajstić information content (AvgIpc) is 2.40. The Morgan fingerprint density at radius 1 is 1.30 bits per heavy atom. The van der Waals surface area contributed by atoms with E-state index in [0.717, 1.165) is 0 Å². The number of hydrogen-bond donors (Lipinski definition) is 0. The molecule has 0 radical (unpaired) electrons. The first-order chi connectivity index (χ1) is 9.48. The second-order valence-corrected chi connectivity index (χ2v) is 5.62. The van der Waals surface area contributed by atoms with Crippen LogP contribution in [0.3, 0.4) is 0 Å². The summed E-state index contributed by atoms with van der Waals surface area (Å²) in [5, 5.41) is 10.8. The molecule has 0 saturated carbocycles. The number of rotatable bonds is 7. The van der Waals surface area contributed by atoms with Crippen LogP contribution in [0.5, 0.6) is 0 Å². The van der Waals surface area contributed by atoms with E-state index in [2.05, 4.69) is 12.3 Å². The molecule has 0 atom stereocenters. The molecular weight excluding hydrogens is 281 g/mol. The summed E-state index contributed by atoms with van der Waals surface area (Å²) in [5.74, 6) is 0. The Balaban J connectivity index is 3.21. The molecule has 1 aromatic carbocycles. The van der Waals surface area contributed by atoms with Crippen molar-refractivity contribution in [3.63, 3.8) is 0 Å². The Morgan fingerprint density at radius 3 is 2.15 bits per heavy atom. The minimum absolute atomic E-state index is 0.0557. The fourth-order valence-corrected chi connectivity index (χ4v) is 3.28. The van der Waals surface area contributed by atoms with Crippen molar-refractivity contribution >= 4 is 18.6 Å². The number of nitro groups is 1. The molecule has 6 nitrogen and oxygen atoms in total. The molecule has 20 heavy (non-hydrogen) atoms. The summed E-state index contributed by atoms with van der Waals surface area (Å²) >= 11 is 0. The minimum Gasteiger partial charge on any atom is -0.305 e. The van der Waals surface area contributed by atoms with Crippen molar-refractivity contribution in [2.45, 2.75) is 13.8 Å². The van der Waals surface area contributed by atoms with E-state index in [-0.39, 0.29) is 24.2 Å². The monoisotopic (exact) mass is 297 g/mol. The van der Waals surface area contributed by atoms with E-state index in [0.29, 0.717) is 5.56 Å². The molecule has 0 aromatic heterocycles. The van der Waals surface area contributed by atoms with Crippen LogP contribution >= 0.6 is 7.60 Å². The maximum Gasteiger partial charge on any atom is 0.369 e. The maximum absolute atomic E-state index is 12.6. The highest BCUT2D eigenvalue weighted by molar-refractivity contribution is 7.65. The van der Waals surface area contributed by atoms with E-state index < -0.39 is 12.5 Å². The van der Waals surface area contributed by atoms with E-state index in [4.69, 9.17) is 9.05 Å². The molecule has 0 N–H and O–H groups in total. The number of non-ortho nitro benzene ring substituents is 1. The van der Waals surface area contributed by atoms with Crippen LogP contribution < -0.4 is 0 Å². The molecular formula is C13H16NO5P. The van der Waals surface area contributed by atoms with Crippen LogP contribution in [0.25, 0.3) is 5.31 Å². The molecule has 0 unspecified atom stereocenters. The normalized spacial score (nSPS) is 10.9. The van der Waals surface area contributed by atoms with Crippen molar-refractivity contribution in [1.29, 1.82) is 0 Å². The van der Waals surface area contributed by atoms with Gasteiger partial charge in [0.1, 0.15) is 5.31 Å². The van der Waals surface area contributed by atoms with Crippen LogP contribution in [0.2, 0.25) is 0 Å². The van der Waals surface area contributed by atoms with Crippen molar-refractivity contribution in [3.8, 4) is 0 Å². The third kappa shape index (κ3) is 3.65. The third-order valence-corrected chi connectivity index (χ3v) is 4.55. The Morgan fingerprint density at radius 2 is 1.80 bits per heavy atom. The molecule has 1 aromatic rings. The van der Waals surface area contributed by atoms with Gasteiger partial charge in [0, 0.05) is 12.1 Å². The van der Waals surface area contributed by atoms with Crippen LogP contribution in [0, 0.1) is 10.1 Å². The first kappa shape index (κ1) is 16.3. The molecule has 0 fully saturated rings. The van der Waals surface area contributed by atoms with Gasteiger partial charge in [-0.3, -0.25) is 14.7 Å². The number of hydrogen-bond acceptors (Lipinski definition) is 5. The summed E-state index contributed by atoms with van der Waals surface area (Å²) in [6, 6.07) is 5.57. The standard InChI is InChI=1S/C13H16NO5P/c1-4-13(20(17,18-5-2)19-6-3)11-7-9-12(10-8-11)14(15)16/h7-10H,1,5-6H2,2-3H3. The van der Waals surface area contributed by atoms with Crippen molar-refractivity contribution < 1.29 is 18.5 Å². The summed E-state index contributed by atoms with van der Waals surface area (Å²) in [6.07, 6.45) is 0. The van der Waals surface area contributed by atoms with E-state index in [1.165, 1.54) is 24.3 Å². The Hall–Kier alpha value is -1.71. The Bertz CT molecular complexity index is 565. The van der Waals surface area contributed by atoms with Crippen molar-refractivity contribution in [2.24, 2.45) is 0 Å². The van der Waals surface area contributed by atoms with Crippen LogP contribution in [-0.2, 0) is 13.6 Å². The topological polar surface area (TPSA) is 78.7 Å². The second kappa shape index (κ2) is 7.17. The van der Waals surface area contributed by atoms with Gasteiger partial charge in [0.15, 0.2) is 0 Å². The molecule has 0 heterocycles. The lowest BCUT2D eigenvalue weighted by Gasteiger charge is -2.18. The molecule has 0 aliphatic carbocycles. The summed E-state index contributed by atoms with van der Waals surface area (Å²) in [6.45, 7) is 7.30. The zero-order valence-electron chi connectivity index (χ0n) is 11.4. The highest BCUT2D eigenvalue weighted by Crippen LogP contribution is 2.59. The van der Waals surface area contributed by atoms with E-state index in [1.54, 1.807) is 13.8 Å². The predicted molar refractivity (Wildman–Crippen MR) is 76.5 cm³/mol.